The van der Waals surface area contributed by atoms with Crippen LogP contribution in [0, 0.1) is 3.57 Å². The Kier molecular flexibility index (Phi) is 4.51. The molecule has 0 aromatic heterocycles. The van der Waals surface area contributed by atoms with Gasteiger partial charge in [-0.05, 0) is 64.6 Å². The Bertz CT molecular complexity index is 609. The number of carbonyl (C=O) groups is 1. The SMILES string of the molecule is O=C(NN=Cc1cccc(I)c1)c1ccc(O)cc1. The molecule has 0 aliphatic rings. The van der Waals surface area contributed by atoms with Crippen LogP contribution in [0.3, 0.4) is 0 Å². The first-order valence-electron chi connectivity index (χ1n) is 5.53. The molecule has 0 atom stereocenters. The first kappa shape index (κ1) is 13.5. The van der Waals surface area contributed by atoms with Crippen LogP contribution in [0.1, 0.15) is 15.9 Å². The number of hydrogen-bond acceptors (Lipinski definition) is 3. The van der Waals surface area contributed by atoms with Gasteiger partial charge in [0.15, 0.2) is 0 Å². The second kappa shape index (κ2) is 6.33. The molecule has 0 heterocycles. The Balaban J connectivity index is 1.98. The molecule has 96 valence electrons. The zero-order chi connectivity index (χ0) is 13.7. The number of nitrogens with one attached hydrogen (secondary N) is 1. The summed E-state index contributed by atoms with van der Waals surface area (Å²) < 4.78 is 1.10. The summed E-state index contributed by atoms with van der Waals surface area (Å²) in [5.74, 6) is -0.194. The van der Waals surface area contributed by atoms with E-state index in [1.165, 1.54) is 24.3 Å². The third-order valence-corrected chi connectivity index (χ3v) is 3.03. The van der Waals surface area contributed by atoms with Gasteiger partial charge in [-0.25, -0.2) is 5.43 Å². The van der Waals surface area contributed by atoms with Crippen LogP contribution in [0.2, 0.25) is 0 Å². The minimum absolute atomic E-state index is 0.124. The Morgan fingerprint density at radius 3 is 2.63 bits per heavy atom. The zero-order valence-electron chi connectivity index (χ0n) is 9.88. The second-order valence-corrected chi connectivity index (χ2v) is 5.05. The molecule has 0 spiro atoms. The molecule has 2 rings (SSSR count). The molecule has 0 fully saturated rings. The van der Waals surface area contributed by atoms with Crippen molar-refractivity contribution in [1.82, 2.24) is 5.43 Å². The van der Waals surface area contributed by atoms with Crippen molar-refractivity contribution in [1.29, 1.82) is 0 Å². The first-order valence-corrected chi connectivity index (χ1v) is 6.61. The van der Waals surface area contributed by atoms with Crippen LogP contribution >= 0.6 is 22.6 Å². The maximum absolute atomic E-state index is 11.7. The van der Waals surface area contributed by atoms with Crippen molar-refractivity contribution in [2.45, 2.75) is 0 Å². The van der Waals surface area contributed by atoms with E-state index in [0.717, 1.165) is 9.13 Å². The third kappa shape index (κ3) is 4.06. The Labute approximate surface area is 124 Å². The molecule has 4 nitrogen and oxygen atoms in total. The summed E-state index contributed by atoms with van der Waals surface area (Å²) in [7, 11) is 0. The van der Waals surface area contributed by atoms with Crippen LogP contribution in [0.4, 0.5) is 0 Å². The fraction of sp³-hybridized carbons (Fsp3) is 0. The quantitative estimate of drug-likeness (QED) is 0.499. The van der Waals surface area contributed by atoms with Gasteiger partial charge < -0.3 is 5.11 Å². The van der Waals surface area contributed by atoms with E-state index in [4.69, 9.17) is 5.11 Å². The average Bonchev–Trinajstić information content (AvgIpc) is 2.39. The van der Waals surface area contributed by atoms with Crippen LogP contribution < -0.4 is 5.43 Å². The lowest BCUT2D eigenvalue weighted by molar-refractivity contribution is 0.0955. The van der Waals surface area contributed by atoms with Crippen LogP contribution in [-0.4, -0.2) is 17.2 Å². The van der Waals surface area contributed by atoms with Gasteiger partial charge in [0, 0.05) is 9.13 Å². The van der Waals surface area contributed by atoms with E-state index in [1.807, 2.05) is 24.3 Å². The Morgan fingerprint density at radius 2 is 1.95 bits per heavy atom. The van der Waals surface area contributed by atoms with E-state index in [9.17, 15) is 4.79 Å². The molecular weight excluding hydrogens is 355 g/mol. The fourth-order valence-electron chi connectivity index (χ4n) is 1.43. The Hall–Kier alpha value is -1.89. The predicted octanol–water partition coefficient (Wildman–Crippen LogP) is 2.76. The molecule has 0 radical (unpaired) electrons. The van der Waals surface area contributed by atoms with Gasteiger partial charge in [0.1, 0.15) is 5.75 Å². The number of halogens is 1. The van der Waals surface area contributed by atoms with Crippen molar-refractivity contribution in [3.8, 4) is 5.75 Å². The van der Waals surface area contributed by atoms with Gasteiger partial charge in [0.05, 0.1) is 6.21 Å². The molecule has 0 aliphatic carbocycles. The molecule has 2 aromatic carbocycles. The van der Waals surface area contributed by atoms with Gasteiger partial charge >= 0.3 is 0 Å². The van der Waals surface area contributed by atoms with Crippen molar-refractivity contribution in [2.75, 3.05) is 0 Å². The summed E-state index contributed by atoms with van der Waals surface area (Å²) in [6.45, 7) is 0. The summed E-state index contributed by atoms with van der Waals surface area (Å²) in [4.78, 5) is 11.7. The Morgan fingerprint density at radius 1 is 1.21 bits per heavy atom. The van der Waals surface area contributed by atoms with E-state index in [-0.39, 0.29) is 11.7 Å². The van der Waals surface area contributed by atoms with Crippen molar-refractivity contribution in [2.24, 2.45) is 5.10 Å². The minimum atomic E-state index is -0.318. The molecule has 0 bridgehead atoms. The van der Waals surface area contributed by atoms with Gasteiger partial charge in [-0.3, -0.25) is 4.79 Å². The molecule has 2 aromatic rings. The monoisotopic (exact) mass is 366 g/mol. The van der Waals surface area contributed by atoms with Gasteiger partial charge in [-0.2, -0.15) is 5.10 Å². The van der Waals surface area contributed by atoms with Gasteiger partial charge in [0.25, 0.3) is 5.91 Å². The number of hydrazone groups is 1. The van der Waals surface area contributed by atoms with Crippen LogP contribution in [-0.2, 0) is 0 Å². The van der Waals surface area contributed by atoms with Gasteiger partial charge in [-0.1, -0.05) is 12.1 Å². The van der Waals surface area contributed by atoms with Gasteiger partial charge in [-0.15, -0.1) is 0 Å². The number of carbonyl (C=O) groups excluding carboxylic acids is 1. The first-order chi connectivity index (χ1) is 9.15. The van der Waals surface area contributed by atoms with E-state index in [1.54, 1.807) is 6.21 Å². The van der Waals surface area contributed by atoms with Gasteiger partial charge in [0.2, 0.25) is 0 Å². The summed E-state index contributed by atoms with van der Waals surface area (Å²) in [5.41, 5.74) is 3.79. The van der Waals surface area contributed by atoms with Crippen molar-refractivity contribution >= 4 is 34.7 Å². The van der Waals surface area contributed by atoms with Crippen molar-refractivity contribution < 1.29 is 9.90 Å². The lowest BCUT2D eigenvalue weighted by Crippen LogP contribution is -2.17. The fourth-order valence-corrected chi connectivity index (χ4v) is 2.00. The second-order valence-electron chi connectivity index (χ2n) is 3.80. The smallest absolute Gasteiger partial charge is 0.271 e. The van der Waals surface area contributed by atoms with Crippen LogP contribution in [0.15, 0.2) is 53.6 Å². The number of phenols is 1. The predicted molar refractivity (Wildman–Crippen MR) is 82.3 cm³/mol. The number of phenolic OH excluding ortho intramolecular Hbond substituents is 1. The normalized spacial score (nSPS) is 10.6. The lowest BCUT2D eigenvalue weighted by atomic mass is 10.2. The number of aromatic hydroxyl groups is 1. The topological polar surface area (TPSA) is 61.7 Å². The highest BCUT2D eigenvalue weighted by Gasteiger charge is 2.02. The molecule has 0 unspecified atom stereocenters. The summed E-state index contributed by atoms with van der Waals surface area (Å²) in [6, 6.07) is 13.7. The van der Waals surface area contributed by atoms with E-state index in [2.05, 4.69) is 33.1 Å². The number of nitrogens with zero attached hydrogens (tertiary/aromatic N) is 1. The molecule has 0 aliphatic heterocycles. The number of hydrogen-bond donors (Lipinski definition) is 2. The molecule has 2 N–H and O–H groups in total. The lowest BCUT2D eigenvalue weighted by Gasteiger charge is -2.00. The standard InChI is InChI=1S/C14H11IN2O2/c15-12-3-1-2-10(8-12)9-16-17-14(19)11-4-6-13(18)7-5-11/h1-9,18H,(H,17,19). The van der Waals surface area contributed by atoms with Crippen molar-refractivity contribution in [3.63, 3.8) is 0 Å². The number of rotatable bonds is 3. The summed E-state index contributed by atoms with van der Waals surface area (Å²) in [5, 5.41) is 13.0. The maximum atomic E-state index is 11.7. The number of amides is 1. The number of benzene rings is 2. The third-order valence-electron chi connectivity index (χ3n) is 2.36. The van der Waals surface area contributed by atoms with E-state index < -0.39 is 0 Å². The zero-order valence-corrected chi connectivity index (χ0v) is 12.0. The van der Waals surface area contributed by atoms with E-state index >= 15 is 0 Å². The average molecular weight is 366 g/mol. The highest BCUT2D eigenvalue weighted by Crippen LogP contribution is 2.09. The summed E-state index contributed by atoms with van der Waals surface area (Å²) in [6.07, 6.45) is 1.58. The molecule has 5 heteroatoms. The maximum Gasteiger partial charge on any atom is 0.271 e. The largest absolute Gasteiger partial charge is 0.508 e. The highest BCUT2D eigenvalue weighted by atomic mass is 127. The van der Waals surface area contributed by atoms with Crippen LogP contribution in [0.25, 0.3) is 0 Å². The molecule has 0 saturated heterocycles. The van der Waals surface area contributed by atoms with Crippen molar-refractivity contribution in [3.05, 3.63) is 63.2 Å². The minimum Gasteiger partial charge on any atom is -0.508 e. The molecular formula is C14H11IN2O2. The molecule has 19 heavy (non-hydrogen) atoms. The highest BCUT2D eigenvalue weighted by molar-refractivity contribution is 14.1. The summed E-state index contributed by atoms with van der Waals surface area (Å²) >= 11 is 2.21. The van der Waals surface area contributed by atoms with E-state index in [0.29, 0.717) is 5.56 Å². The molecule has 1 amide bonds. The van der Waals surface area contributed by atoms with Crippen LogP contribution in [0.5, 0.6) is 5.75 Å². The molecule has 0 saturated carbocycles.